The van der Waals surface area contributed by atoms with Crippen molar-refractivity contribution in [3.05, 3.63) is 17.5 Å². The predicted molar refractivity (Wildman–Crippen MR) is 73.4 cm³/mol. The summed E-state index contributed by atoms with van der Waals surface area (Å²) in [6.45, 7) is 1.92. The first-order chi connectivity index (χ1) is 9.28. The molecule has 1 fully saturated rings. The van der Waals surface area contributed by atoms with Gasteiger partial charge in [0.25, 0.3) is 0 Å². The first-order valence-corrected chi connectivity index (χ1v) is 6.73. The van der Waals surface area contributed by atoms with Crippen molar-refractivity contribution in [3.8, 4) is 11.4 Å². The Bertz CT molecular complexity index is 544. The van der Waals surface area contributed by atoms with Crippen molar-refractivity contribution in [3.63, 3.8) is 0 Å². The number of hydrogen-bond acceptors (Lipinski definition) is 5. The quantitative estimate of drug-likeness (QED) is 0.899. The minimum absolute atomic E-state index is 0.330. The van der Waals surface area contributed by atoms with Gasteiger partial charge in [-0.2, -0.15) is 4.98 Å². The average molecular weight is 282 g/mol. The van der Waals surface area contributed by atoms with Crippen LogP contribution in [-0.2, 0) is 0 Å². The molecule has 2 aromatic rings. The van der Waals surface area contributed by atoms with Crippen molar-refractivity contribution >= 4 is 17.5 Å². The fourth-order valence-electron chi connectivity index (χ4n) is 2.35. The number of nitrogens with one attached hydrogen (secondary N) is 2. The van der Waals surface area contributed by atoms with E-state index in [-0.39, 0.29) is 0 Å². The van der Waals surface area contributed by atoms with Crippen molar-refractivity contribution in [2.45, 2.75) is 18.9 Å². The van der Waals surface area contributed by atoms with Gasteiger partial charge in [-0.1, -0.05) is 0 Å². The topological polar surface area (TPSA) is 70.0 Å². The van der Waals surface area contributed by atoms with Gasteiger partial charge in [0, 0.05) is 19.1 Å². The summed E-state index contributed by atoms with van der Waals surface area (Å²) in [7, 11) is 2.01. The third kappa shape index (κ3) is 2.46. The summed E-state index contributed by atoms with van der Waals surface area (Å²) in [4.78, 5) is 6.66. The minimum atomic E-state index is 0.330. The van der Waals surface area contributed by atoms with Crippen LogP contribution in [0.1, 0.15) is 12.8 Å². The van der Waals surface area contributed by atoms with Crippen molar-refractivity contribution in [1.29, 1.82) is 0 Å². The number of hydrogen-bond donors (Lipinski definition) is 2. The van der Waals surface area contributed by atoms with E-state index in [1.54, 1.807) is 6.07 Å². The van der Waals surface area contributed by atoms with E-state index >= 15 is 0 Å². The number of anilines is 1. The molecule has 2 N–H and O–H groups in total. The molecule has 0 aromatic carbocycles. The third-order valence-electron chi connectivity index (χ3n) is 3.53. The van der Waals surface area contributed by atoms with Crippen molar-refractivity contribution in [2.24, 2.45) is 0 Å². The molecule has 19 heavy (non-hydrogen) atoms. The fourth-order valence-corrected chi connectivity index (χ4v) is 2.55. The van der Waals surface area contributed by atoms with Crippen molar-refractivity contribution in [1.82, 2.24) is 20.5 Å². The first kappa shape index (κ1) is 12.5. The second-order valence-corrected chi connectivity index (χ2v) is 4.99. The maximum Gasteiger partial charge on any atom is 0.245 e. The maximum absolute atomic E-state index is 5.93. The molecule has 1 aliphatic heterocycles. The van der Waals surface area contributed by atoms with E-state index in [0.29, 0.717) is 17.1 Å². The highest BCUT2D eigenvalue weighted by molar-refractivity contribution is 6.31. The summed E-state index contributed by atoms with van der Waals surface area (Å²) < 4.78 is 5.06. The average Bonchev–Trinajstić information content (AvgIpc) is 3.07. The molecule has 102 valence electrons. The zero-order valence-corrected chi connectivity index (χ0v) is 11.4. The van der Waals surface area contributed by atoms with Crippen LogP contribution < -0.4 is 10.2 Å². The molecule has 3 rings (SSSR count). The number of nitrogens with zero attached hydrogens (tertiary/aromatic N) is 3. The zero-order chi connectivity index (χ0) is 13.2. The molecule has 0 saturated carbocycles. The molecule has 1 aliphatic rings. The van der Waals surface area contributed by atoms with E-state index in [9.17, 15) is 0 Å². The van der Waals surface area contributed by atoms with Crippen LogP contribution in [-0.4, -0.2) is 41.4 Å². The lowest BCUT2D eigenvalue weighted by Gasteiger charge is -2.30. The number of aromatic amines is 1. The second kappa shape index (κ2) is 5.22. The molecule has 0 amide bonds. The van der Waals surface area contributed by atoms with E-state index in [1.165, 1.54) is 6.26 Å². The minimum Gasteiger partial charge on any atom is -0.452 e. The van der Waals surface area contributed by atoms with Gasteiger partial charge in [-0.15, -0.1) is 5.10 Å². The predicted octanol–water partition coefficient (Wildman–Crippen LogP) is 1.91. The van der Waals surface area contributed by atoms with Crippen LogP contribution in [0, 0.1) is 0 Å². The van der Waals surface area contributed by atoms with Gasteiger partial charge in [-0.05, 0) is 37.6 Å². The Hall–Kier alpha value is -1.53. The lowest BCUT2D eigenvalue weighted by Crippen LogP contribution is -2.41. The lowest BCUT2D eigenvalue weighted by atomic mass is 10.1. The van der Waals surface area contributed by atoms with Crippen molar-refractivity contribution < 1.29 is 4.42 Å². The van der Waals surface area contributed by atoms with Gasteiger partial charge in [0.15, 0.2) is 5.82 Å². The summed E-state index contributed by atoms with van der Waals surface area (Å²) in [5, 5.41) is 10.8. The largest absolute Gasteiger partial charge is 0.452 e. The van der Waals surface area contributed by atoms with E-state index in [0.717, 1.165) is 37.4 Å². The number of halogens is 1. The summed E-state index contributed by atoms with van der Waals surface area (Å²) in [6.07, 6.45) is 3.75. The first-order valence-electron chi connectivity index (χ1n) is 6.36. The van der Waals surface area contributed by atoms with Gasteiger partial charge < -0.3 is 14.6 Å². The number of furan rings is 1. The van der Waals surface area contributed by atoms with E-state index in [4.69, 9.17) is 16.0 Å². The number of aromatic nitrogens is 3. The molecule has 0 atom stereocenters. The van der Waals surface area contributed by atoms with Gasteiger partial charge in [0.2, 0.25) is 11.2 Å². The van der Waals surface area contributed by atoms with Crippen LogP contribution in [0.3, 0.4) is 0 Å². The monoisotopic (exact) mass is 281 g/mol. The van der Waals surface area contributed by atoms with Gasteiger partial charge >= 0.3 is 0 Å². The molecule has 0 aliphatic carbocycles. The highest BCUT2D eigenvalue weighted by Crippen LogP contribution is 2.27. The van der Waals surface area contributed by atoms with Gasteiger partial charge in [0.05, 0.1) is 11.8 Å². The molecule has 6 nitrogen and oxygen atoms in total. The third-order valence-corrected chi connectivity index (χ3v) is 3.83. The van der Waals surface area contributed by atoms with Crippen LogP contribution in [0.25, 0.3) is 11.4 Å². The Morgan fingerprint density at radius 2 is 2.26 bits per heavy atom. The maximum atomic E-state index is 5.93. The Morgan fingerprint density at radius 1 is 1.47 bits per heavy atom. The molecule has 0 spiro atoms. The molecular formula is C12H16ClN5O. The summed E-state index contributed by atoms with van der Waals surface area (Å²) in [5.74, 6) is 1.37. The molecular weight excluding hydrogens is 266 g/mol. The molecule has 0 bridgehead atoms. The van der Waals surface area contributed by atoms with Gasteiger partial charge in [0.1, 0.15) is 0 Å². The van der Waals surface area contributed by atoms with Gasteiger partial charge in [-0.25, -0.2) is 0 Å². The van der Waals surface area contributed by atoms with Crippen LogP contribution in [0.15, 0.2) is 16.7 Å². The van der Waals surface area contributed by atoms with Crippen molar-refractivity contribution in [2.75, 3.05) is 25.0 Å². The van der Waals surface area contributed by atoms with E-state index < -0.39 is 0 Å². The standard InChI is InChI=1S/C12H16ClN5O/c1-14-8-2-5-18(6-3-8)12-15-11(16-17-12)9-4-7-19-10(9)13/h4,7-8,14H,2-3,5-6H2,1H3,(H,15,16,17). The molecule has 0 unspecified atom stereocenters. The zero-order valence-electron chi connectivity index (χ0n) is 10.7. The number of piperidine rings is 1. The number of H-pyrrole nitrogens is 1. The Kier molecular flexibility index (Phi) is 3.44. The van der Waals surface area contributed by atoms with E-state index in [1.807, 2.05) is 7.05 Å². The fraction of sp³-hybridized carbons (Fsp3) is 0.500. The highest BCUT2D eigenvalue weighted by atomic mass is 35.5. The Labute approximate surface area is 116 Å². The Morgan fingerprint density at radius 3 is 2.89 bits per heavy atom. The van der Waals surface area contributed by atoms with E-state index in [2.05, 4.69) is 25.4 Å². The van der Waals surface area contributed by atoms with Crippen LogP contribution in [0.5, 0.6) is 0 Å². The molecule has 2 aromatic heterocycles. The molecule has 3 heterocycles. The highest BCUT2D eigenvalue weighted by Gasteiger charge is 2.21. The van der Waals surface area contributed by atoms with Crippen LogP contribution in [0.4, 0.5) is 5.95 Å². The smallest absolute Gasteiger partial charge is 0.245 e. The van der Waals surface area contributed by atoms with Crippen LogP contribution >= 0.6 is 11.6 Å². The normalized spacial score (nSPS) is 17.1. The molecule has 0 radical (unpaired) electrons. The van der Waals surface area contributed by atoms with Crippen LogP contribution in [0.2, 0.25) is 5.22 Å². The number of rotatable bonds is 3. The van der Waals surface area contributed by atoms with Gasteiger partial charge in [-0.3, -0.25) is 5.10 Å². The Balaban J connectivity index is 1.74. The second-order valence-electron chi connectivity index (χ2n) is 4.64. The molecule has 1 saturated heterocycles. The summed E-state index contributed by atoms with van der Waals surface area (Å²) >= 11 is 5.93. The molecule has 7 heteroatoms. The summed E-state index contributed by atoms with van der Waals surface area (Å²) in [6, 6.07) is 2.37. The lowest BCUT2D eigenvalue weighted by molar-refractivity contribution is 0.439. The summed E-state index contributed by atoms with van der Waals surface area (Å²) in [5.41, 5.74) is 0.741. The SMILES string of the molecule is CNC1CCN(c2n[nH]c(-c3ccoc3Cl)n2)CC1.